The lowest BCUT2D eigenvalue weighted by atomic mass is 9.95. The van der Waals surface area contributed by atoms with Crippen molar-refractivity contribution >= 4 is 33.4 Å². The first kappa shape index (κ1) is 18.3. The average molecular weight is 417 g/mol. The molecule has 1 aromatic heterocycles. The maximum absolute atomic E-state index is 12.7. The Labute approximate surface area is 159 Å². The first-order chi connectivity index (χ1) is 12.5. The highest BCUT2D eigenvalue weighted by molar-refractivity contribution is 9.10. The van der Waals surface area contributed by atoms with Crippen molar-refractivity contribution in [2.24, 2.45) is 0 Å². The third-order valence-corrected chi connectivity index (χ3v) is 4.74. The van der Waals surface area contributed by atoms with Crippen LogP contribution in [0.5, 0.6) is 0 Å². The number of aliphatic hydroxyl groups excluding tert-OH is 1. The van der Waals surface area contributed by atoms with Crippen LogP contribution in [0.4, 0.5) is 0 Å². The van der Waals surface area contributed by atoms with Gasteiger partial charge in [-0.2, -0.15) is 0 Å². The van der Waals surface area contributed by atoms with Gasteiger partial charge in [0.05, 0.1) is 18.2 Å². The number of likely N-dealkylation sites (tertiary alicyclic amines) is 1. The minimum Gasteiger partial charge on any atom is -0.507 e. The van der Waals surface area contributed by atoms with Crippen LogP contribution < -0.4 is 0 Å². The number of halogens is 1. The van der Waals surface area contributed by atoms with E-state index in [2.05, 4.69) is 20.9 Å². The SMILES string of the molecule is COCCN1C(=O)C(=O)C(=C(O)c2ccncc2)C1c1ccc(Br)cc1. The number of aromatic nitrogens is 1. The Morgan fingerprint density at radius 2 is 1.85 bits per heavy atom. The topological polar surface area (TPSA) is 79.7 Å². The number of nitrogens with zero attached hydrogens (tertiary/aromatic N) is 2. The second-order valence-electron chi connectivity index (χ2n) is 5.77. The molecule has 1 atom stereocenters. The molecule has 1 N–H and O–H groups in total. The molecule has 0 radical (unpaired) electrons. The van der Waals surface area contributed by atoms with E-state index in [4.69, 9.17) is 4.74 Å². The van der Waals surface area contributed by atoms with Crippen LogP contribution in [-0.4, -0.2) is 46.9 Å². The van der Waals surface area contributed by atoms with Crippen LogP contribution in [0.25, 0.3) is 5.76 Å². The number of carbonyl (C=O) groups is 2. The molecule has 6 nitrogen and oxygen atoms in total. The van der Waals surface area contributed by atoms with Gasteiger partial charge in [0.25, 0.3) is 11.7 Å². The molecule has 1 saturated heterocycles. The number of benzene rings is 1. The first-order valence-corrected chi connectivity index (χ1v) is 8.77. The van der Waals surface area contributed by atoms with Gasteiger partial charge in [-0.25, -0.2) is 0 Å². The molecule has 2 heterocycles. The van der Waals surface area contributed by atoms with E-state index in [9.17, 15) is 14.7 Å². The van der Waals surface area contributed by atoms with Gasteiger partial charge in [-0.15, -0.1) is 0 Å². The molecule has 2 aromatic rings. The van der Waals surface area contributed by atoms with Gasteiger partial charge in [0.2, 0.25) is 0 Å². The molecule has 1 amide bonds. The number of hydrogen-bond donors (Lipinski definition) is 1. The van der Waals surface area contributed by atoms with Crippen LogP contribution in [0.15, 0.2) is 58.8 Å². The lowest BCUT2D eigenvalue weighted by molar-refractivity contribution is -0.140. The molecular formula is C19H17BrN2O4. The van der Waals surface area contributed by atoms with Crippen molar-refractivity contribution in [1.29, 1.82) is 0 Å². The van der Waals surface area contributed by atoms with Crippen molar-refractivity contribution < 1.29 is 19.4 Å². The fourth-order valence-electron chi connectivity index (χ4n) is 2.96. The Morgan fingerprint density at radius 3 is 2.46 bits per heavy atom. The number of ether oxygens (including phenoxy) is 1. The molecule has 1 aliphatic rings. The van der Waals surface area contributed by atoms with Crippen molar-refractivity contribution in [2.75, 3.05) is 20.3 Å². The highest BCUT2D eigenvalue weighted by atomic mass is 79.9. The van der Waals surface area contributed by atoms with E-state index >= 15 is 0 Å². The molecule has 26 heavy (non-hydrogen) atoms. The quantitative estimate of drug-likeness (QED) is 0.460. The zero-order valence-electron chi connectivity index (χ0n) is 14.1. The number of Topliss-reactive ketones (excluding diaryl/α,β-unsaturated/α-hetero) is 1. The van der Waals surface area contributed by atoms with Crippen LogP contribution in [0, 0.1) is 0 Å². The van der Waals surface area contributed by atoms with Gasteiger partial charge in [0, 0.05) is 36.1 Å². The number of ketones is 1. The minimum absolute atomic E-state index is 0.0691. The number of amides is 1. The maximum atomic E-state index is 12.7. The summed E-state index contributed by atoms with van der Waals surface area (Å²) in [6.45, 7) is 0.532. The second kappa shape index (κ2) is 7.80. The fraction of sp³-hybridized carbons (Fsp3) is 0.211. The van der Waals surface area contributed by atoms with Crippen molar-refractivity contribution in [3.8, 4) is 0 Å². The van der Waals surface area contributed by atoms with Gasteiger partial charge in [-0.1, -0.05) is 28.1 Å². The summed E-state index contributed by atoms with van der Waals surface area (Å²) >= 11 is 3.38. The van der Waals surface area contributed by atoms with E-state index in [0.29, 0.717) is 5.56 Å². The van der Waals surface area contributed by atoms with Crippen molar-refractivity contribution in [3.05, 3.63) is 70.0 Å². The van der Waals surface area contributed by atoms with Crippen molar-refractivity contribution in [3.63, 3.8) is 0 Å². The monoisotopic (exact) mass is 416 g/mol. The molecule has 134 valence electrons. The number of methoxy groups -OCH3 is 1. The standard InChI is InChI=1S/C19H17BrN2O4/c1-26-11-10-22-16(12-2-4-14(20)5-3-12)15(18(24)19(22)25)17(23)13-6-8-21-9-7-13/h2-9,16,23H,10-11H2,1H3. The number of pyridine rings is 1. The molecule has 0 aliphatic carbocycles. The Balaban J connectivity index is 2.15. The van der Waals surface area contributed by atoms with Crippen LogP contribution in [0.2, 0.25) is 0 Å². The summed E-state index contributed by atoms with van der Waals surface area (Å²) in [5.74, 6) is -1.56. The predicted molar refractivity (Wildman–Crippen MR) is 99.3 cm³/mol. The third kappa shape index (κ3) is 3.40. The van der Waals surface area contributed by atoms with Gasteiger partial charge >= 0.3 is 0 Å². The number of aliphatic hydroxyl groups is 1. The summed E-state index contributed by atoms with van der Waals surface area (Å²) in [5, 5.41) is 10.7. The van der Waals surface area contributed by atoms with Crippen LogP contribution in [0.1, 0.15) is 17.2 Å². The van der Waals surface area contributed by atoms with Crippen molar-refractivity contribution in [2.45, 2.75) is 6.04 Å². The van der Waals surface area contributed by atoms with E-state index in [1.807, 2.05) is 24.3 Å². The summed E-state index contributed by atoms with van der Waals surface area (Å²) in [5.41, 5.74) is 1.24. The summed E-state index contributed by atoms with van der Waals surface area (Å²) in [6, 6.07) is 9.82. The van der Waals surface area contributed by atoms with Gasteiger partial charge in [-0.3, -0.25) is 14.6 Å². The molecule has 1 unspecified atom stereocenters. The average Bonchev–Trinajstić information content (AvgIpc) is 2.91. The molecule has 1 aromatic carbocycles. The van der Waals surface area contributed by atoms with Gasteiger partial charge in [0.1, 0.15) is 5.76 Å². The molecule has 3 rings (SSSR count). The van der Waals surface area contributed by atoms with Gasteiger partial charge in [0.15, 0.2) is 0 Å². The Bertz CT molecular complexity index is 850. The molecule has 1 fully saturated rings. The highest BCUT2D eigenvalue weighted by Gasteiger charge is 2.45. The van der Waals surface area contributed by atoms with E-state index in [-0.39, 0.29) is 24.5 Å². The predicted octanol–water partition coefficient (Wildman–Crippen LogP) is 2.91. The Kier molecular flexibility index (Phi) is 5.49. The maximum Gasteiger partial charge on any atom is 0.295 e. The molecule has 1 aliphatic heterocycles. The summed E-state index contributed by atoms with van der Waals surface area (Å²) in [4.78, 5) is 30.6. The molecule has 0 spiro atoms. The number of hydrogen-bond acceptors (Lipinski definition) is 5. The summed E-state index contributed by atoms with van der Waals surface area (Å²) < 4.78 is 5.95. The Morgan fingerprint density at radius 1 is 1.19 bits per heavy atom. The van der Waals surface area contributed by atoms with Crippen molar-refractivity contribution in [1.82, 2.24) is 9.88 Å². The lowest BCUT2D eigenvalue weighted by Crippen LogP contribution is -2.32. The molecule has 7 heteroatoms. The normalized spacial score (nSPS) is 19.2. The van der Waals surface area contributed by atoms with Crippen LogP contribution in [-0.2, 0) is 14.3 Å². The Hall–Kier alpha value is -2.51. The number of carbonyl (C=O) groups excluding carboxylic acids is 2. The van der Waals surface area contributed by atoms with Gasteiger partial charge < -0.3 is 14.7 Å². The van der Waals surface area contributed by atoms with Crippen LogP contribution >= 0.6 is 15.9 Å². The fourth-order valence-corrected chi connectivity index (χ4v) is 3.22. The minimum atomic E-state index is -0.705. The smallest absolute Gasteiger partial charge is 0.295 e. The molecular weight excluding hydrogens is 400 g/mol. The summed E-state index contributed by atoms with van der Waals surface area (Å²) in [6.07, 6.45) is 3.04. The zero-order chi connectivity index (χ0) is 18.7. The zero-order valence-corrected chi connectivity index (χ0v) is 15.6. The molecule has 0 bridgehead atoms. The number of rotatable bonds is 5. The molecule has 0 saturated carbocycles. The summed E-state index contributed by atoms with van der Waals surface area (Å²) in [7, 11) is 1.53. The van der Waals surface area contributed by atoms with E-state index in [1.54, 1.807) is 12.1 Å². The lowest BCUT2D eigenvalue weighted by Gasteiger charge is -2.25. The largest absolute Gasteiger partial charge is 0.507 e. The van der Waals surface area contributed by atoms with E-state index < -0.39 is 17.7 Å². The second-order valence-corrected chi connectivity index (χ2v) is 6.69. The van der Waals surface area contributed by atoms with E-state index in [1.165, 1.54) is 24.4 Å². The van der Waals surface area contributed by atoms with E-state index in [0.717, 1.165) is 10.0 Å². The third-order valence-electron chi connectivity index (χ3n) is 4.22. The first-order valence-electron chi connectivity index (χ1n) is 7.97. The highest BCUT2D eigenvalue weighted by Crippen LogP contribution is 2.39. The van der Waals surface area contributed by atoms with Crippen LogP contribution in [0.3, 0.4) is 0 Å². The van der Waals surface area contributed by atoms with Gasteiger partial charge in [-0.05, 0) is 29.8 Å².